The fraction of sp³-hybridized carbons (Fsp3) is 0.923. The van der Waals surface area contributed by atoms with Gasteiger partial charge in [-0.15, -0.1) is 0 Å². The molecule has 0 aromatic rings. The number of carboxylic acids is 1. The predicted octanol–water partition coefficient (Wildman–Crippen LogP) is 3.00. The summed E-state index contributed by atoms with van der Waals surface area (Å²) in [4.78, 5) is 13.3. The van der Waals surface area contributed by atoms with E-state index in [1.165, 1.54) is 0 Å². The highest BCUT2D eigenvalue weighted by Gasteiger charge is 2.27. The van der Waals surface area contributed by atoms with E-state index >= 15 is 0 Å². The van der Waals surface area contributed by atoms with Crippen LogP contribution in [0.1, 0.15) is 53.9 Å². The number of rotatable bonds is 8. The second-order valence-corrected chi connectivity index (χ2v) is 4.72. The quantitative estimate of drug-likeness (QED) is 0.695. The lowest BCUT2D eigenvalue weighted by Crippen LogP contribution is -2.45. The van der Waals surface area contributed by atoms with Crippen molar-refractivity contribution in [2.45, 2.75) is 66.0 Å². The summed E-state index contributed by atoms with van der Waals surface area (Å²) in [6.45, 7) is 11.3. The van der Waals surface area contributed by atoms with Crippen LogP contribution in [-0.4, -0.2) is 34.6 Å². The molecule has 0 aromatic heterocycles. The Bertz CT molecular complexity index is 206. The van der Waals surface area contributed by atoms with Crippen molar-refractivity contribution in [1.82, 2.24) is 4.90 Å². The Labute approximate surface area is 99.8 Å². The van der Waals surface area contributed by atoms with Gasteiger partial charge < -0.3 is 5.11 Å². The minimum absolute atomic E-state index is 0.110. The molecule has 3 unspecified atom stereocenters. The first kappa shape index (κ1) is 15.4. The van der Waals surface area contributed by atoms with Gasteiger partial charge in [-0.2, -0.15) is 0 Å². The molecule has 0 fully saturated rings. The zero-order chi connectivity index (χ0) is 12.7. The number of hydrogen-bond acceptors (Lipinski definition) is 2. The topological polar surface area (TPSA) is 40.5 Å². The Morgan fingerprint density at radius 1 is 1.25 bits per heavy atom. The number of nitrogens with zero attached hydrogens (tertiary/aromatic N) is 1. The first-order chi connectivity index (χ1) is 7.45. The van der Waals surface area contributed by atoms with Gasteiger partial charge in [-0.3, -0.25) is 9.69 Å². The lowest BCUT2D eigenvalue weighted by molar-refractivity contribution is -0.143. The van der Waals surface area contributed by atoms with Gasteiger partial charge in [0.05, 0.1) is 5.92 Å². The monoisotopic (exact) mass is 229 g/mol. The van der Waals surface area contributed by atoms with Crippen LogP contribution < -0.4 is 0 Å². The third kappa shape index (κ3) is 4.52. The standard InChI is InChI=1S/C13H27NO2/c1-6-8-9-14(10(3)7-2)12(5)11(4)13(15)16/h10-12H,6-9H2,1-5H3,(H,15,16). The number of aliphatic carboxylic acids is 1. The molecule has 0 spiro atoms. The zero-order valence-electron chi connectivity index (χ0n) is 11.4. The molecule has 16 heavy (non-hydrogen) atoms. The first-order valence-electron chi connectivity index (χ1n) is 6.44. The van der Waals surface area contributed by atoms with Crippen LogP contribution >= 0.6 is 0 Å². The summed E-state index contributed by atoms with van der Waals surface area (Å²) in [7, 11) is 0. The van der Waals surface area contributed by atoms with Crippen molar-refractivity contribution in [3.63, 3.8) is 0 Å². The van der Waals surface area contributed by atoms with Crippen LogP contribution in [0.25, 0.3) is 0 Å². The molecule has 0 rings (SSSR count). The van der Waals surface area contributed by atoms with E-state index < -0.39 is 5.97 Å². The highest BCUT2D eigenvalue weighted by atomic mass is 16.4. The molecule has 0 bridgehead atoms. The maximum absolute atomic E-state index is 11.0. The molecule has 0 aromatic carbocycles. The summed E-state index contributed by atoms with van der Waals surface area (Å²) in [5.41, 5.74) is 0. The molecular formula is C13H27NO2. The SMILES string of the molecule is CCCCN(C(C)CC)C(C)C(C)C(=O)O. The van der Waals surface area contributed by atoms with Crippen LogP contribution in [0.15, 0.2) is 0 Å². The molecule has 0 aliphatic rings. The molecule has 3 nitrogen and oxygen atoms in total. The molecule has 96 valence electrons. The van der Waals surface area contributed by atoms with Gasteiger partial charge in [0.25, 0.3) is 0 Å². The Kier molecular flexibility index (Phi) is 7.39. The van der Waals surface area contributed by atoms with E-state index in [0.717, 1.165) is 25.8 Å². The zero-order valence-corrected chi connectivity index (χ0v) is 11.4. The van der Waals surface area contributed by atoms with Gasteiger partial charge in [-0.1, -0.05) is 27.2 Å². The average Bonchev–Trinajstić information content (AvgIpc) is 2.27. The van der Waals surface area contributed by atoms with Crippen LogP contribution in [0.5, 0.6) is 0 Å². The maximum Gasteiger partial charge on any atom is 0.307 e. The summed E-state index contributed by atoms with van der Waals surface area (Å²) < 4.78 is 0. The summed E-state index contributed by atoms with van der Waals surface area (Å²) in [6, 6.07) is 0.572. The van der Waals surface area contributed by atoms with Crippen molar-refractivity contribution in [2.24, 2.45) is 5.92 Å². The van der Waals surface area contributed by atoms with E-state index in [1.807, 2.05) is 6.92 Å². The number of carboxylic acid groups (broad SMARTS) is 1. The fourth-order valence-corrected chi connectivity index (χ4v) is 1.89. The molecule has 0 radical (unpaired) electrons. The Hall–Kier alpha value is -0.570. The third-order valence-corrected chi connectivity index (χ3v) is 3.56. The fourth-order valence-electron chi connectivity index (χ4n) is 1.89. The lowest BCUT2D eigenvalue weighted by Gasteiger charge is -2.36. The van der Waals surface area contributed by atoms with Crippen LogP contribution in [0.3, 0.4) is 0 Å². The second-order valence-electron chi connectivity index (χ2n) is 4.72. The molecule has 1 N–H and O–H groups in total. The summed E-state index contributed by atoms with van der Waals surface area (Å²) in [5, 5.41) is 9.05. The Morgan fingerprint density at radius 2 is 1.81 bits per heavy atom. The summed E-state index contributed by atoms with van der Waals surface area (Å²) in [5.74, 6) is -0.997. The minimum Gasteiger partial charge on any atom is -0.481 e. The third-order valence-electron chi connectivity index (χ3n) is 3.56. The average molecular weight is 229 g/mol. The van der Waals surface area contributed by atoms with Crippen molar-refractivity contribution in [2.75, 3.05) is 6.54 Å². The van der Waals surface area contributed by atoms with Crippen molar-refractivity contribution in [3.8, 4) is 0 Å². The van der Waals surface area contributed by atoms with E-state index in [4.69, 9.17) is 5.11 Å². The van der Waals surface area contributed by atoms with Crippen molar-refractivity contribution < 1.29 is 9.90 Å². The van der Waals surface area contributed by atoms with Crippen LogP contribution in [0.4, 0.5) is 0 Å². The largest absolute Gasteiger partial charge is 0.481 e. The van der Waals surface area contributed by atoms with Gasteiger partial charge in [0, 0.05) is 12.1 Å². The molecule has 0 aliphatic heterocycles. The van der Waals surface area contributed by atoms with E-state index in [2.05, 4.69) is 25.7 Å². The number of hydrogen-bond donors (Lipinski definition) is 1. The molecule has 0 heterocycles. The number of unbranched alkanes of at least 4 members (excludes halogenated alkanes) is 1. The number of carbonyl (C=O) groups is 1. The van der Waals surface area contributed by atoms with Gasteiger partial charge in [0.2, 0.25) is 0 Å². The molecule has 0 saturated carbocycles. The molecule has 0 saturated heterocycles. The van der Waals surface area contributed by atoms with Crippen LogP contribution in [-0.2, 0) is 4.79 Å². The van der Waals surface area contributed by atoms with Crippen molar-refractivity contribution in [3.05, 3.63) is 0 Å². The van der Waals surface area contributed by atoms with Gasteiger partial charge in [-0.05, 0) is 33.2 Å². The molecule has 0 amide bonds. The molecule has 0 aliphatic carbocycles. The van der Waals surface area contributed by atoms with Gasteiger partial charge in [0.15, 0.2) is 0 Å². The lowest BCUT2D eigenvalue weighted by atomic mass is 9.99. The smallest absolute Gasteiger partial charge is 0.307 e. The van der Waals surface area contributed by atoms with E-state index in [-0.39, 0.29) is 12.0 Å². The molecular weight excluding hydrogens is 202 g/mol. The van der Waals surface area contributed by atoms with Crippen molar-refractivity contribution >= 4 is 5.97 Å². The molecule has 3 heteroatoms. The van der Waals surface area contributed by atoms with E-state index in [1.54, 1.807) is 6.92 Å². The van der Waals surface area contributed by atoms with Crippen LogP contribution in [0.2, 0.25) is 0 Å². The van der Waals surface area contributed by atoms with E-state index in [0.29, 0.717) is 6.04 Å². The second kappa shape index (κ2) is 7.66. The predicted molar refractivity (Wildman–Crippen MR) is 67.6 cm³/mol. The molecule has 3 atom stereocenters. The van der Waals surface area contributed by atoms with Crippen molar-refractivity contribution in [1.29, 1.82) is 0 Å². The van der Waals surface area contributed by atoms with Gasteiger partial charge in [0.1, 0.15) is 0 Å². The van der Waals surface area contributed by atoms with Gasteiger partial charge >= 0.3 is 5.97 Å². The first-order valence-corrected chi connectivity index (χ1v) is 6.44. The Balaban J connectivity index is 4.53. The highest BCUT2D eigenvalue weighted by Crippen LogP contribution is 2.17. The normalized spacial score (nSPS) is 17.1. The summed E-state index contributed by atoms with van der Waals surface area (Å²) in [6.07, 6.45) is 3.36. The Morgan fingerprint density at radius 3 is 2.19 bits per heavy atom. The minimum atomic E-state index is -0.697. The van der Waals surface area contributed by atoms with Crippen LogP contribution in [0, 0.1) is 5.92 Å². The van der Waals surface area contributed by atoms with Gasteiger partial charge in [-0.25, -0.2) is 0 Å². The summed E-state index contributed by atoms with van der Waals surface area (Å²) >= 11 is 0. The van der Waals surface area contributed by atoms with E-state index in [9.17, 15) is 4.79 Å². The highest BCUT2D eigenvalue weighted by molar-refractivity contribution is 5.70. The maximum atomic E-state index is 11.0.